The van der Waals surface area contributed by atoms with Crippen LogP contribution in [0.4, 0.5) is 0 Å². The van der Waals surface area contributed by atoms with Gasteiger partial charge in [0.15, 0.2) is 5.78 Å². The molecular weight excluding hydrogens is 254 g/mol. The Morgan fingerprint density at radius 3 is 2.72 bits per heavy atom. The molecule has 18 heavy (non-hydrogen) atoms. The van der Waals surface area contributed by atoms with Gasteiger partial charge in [-0.25, -0.2) is 12.7 Å². The Balaban J connectivity index is 2.50. The summed E-state index contributed by atoms with van der Waals surface area (Å²) < 4.78 is 29.7. The first-order chi connectivity index (χ1) is 8.34. The van der Waals surface area contributed by atoms with E-state index in [1.54, 1.807) is 6.92 Å². The summed E-state index contributed by atoms with van der Waals surface area (Å²) >= 11 is 0. The van der Waals surface area contributed by atoms with E-state index in [1.165, 1.54) is 10.6 Å². The number of rotatable bonds is 6. The number of carbonyl (C=O) groups excluding carboxylic acids is 1. The van der Waals surface area contributed by atoms with Crippen molar-refractivity contribution in [1.82, 2.24) is 4.31 Å². The maximum atomic E-state index is 11.9. The molecule has 0 amide bonds. The van der Waals surface area contributed by atoms with Crippen molar-refractivity contribution < 1.29 is 17.9 Å². The van der Waals surface area contributed by atoms with E-state index in [1.807, 2.05) is 6.92 Å². The van der Waals surface area contributed by atoms with Crippen molar-refractivity contribution in [3.63, 3.8) is 0 Å². The topological polar surface area (TPSA) is 63.7 Å². The van der Waals surface area contributed by atoms with Crippen LogP contribution in [0.5, 0.6) is 0 Å². The molecule has 0 spiro atoms. The van der Waals surface area contributed by atoms with Crippen LogP contribution in [0.1, 0.15) is 33.1 Å². The number of sulfonamides is 1. The van der Waals surface area contributed by atoms with Gasteiger partial charge in [0.2, 0.25) is 10.0 Å². The third-order valence-corrected chi connectivity index (χ3v) is 4.58. The number of nitrogens with zero attached hydrogens (tertiary/aromatic N) is 1. The largest absolute Gasteiger partial charge is 0.371 e. The number of hydrogen-bond acceptors (Lipinski definition) is 4. The summed E-state index contributed by atoms with van der Waals surface area (Å²) in [6.07, 6.45) is 2.99. The predicted molar refractivity (Wildman–Crippen MR) is 69.9 cm³/mol. The third kappa shape index (κ3) is 4.66. The number of Topliss-reactive ketones (excluding diaryl/α,β-unsaturated/α-hetero) is 1. The fraction of sp³-hybridized carbons (Fsp3) is 0.917. The van der Waals surface area contributed by atoms with Gasteiger partial charge in [-0.2, -0.15) is 0 Å². The molecular formula is C12H23NO4S. The van der Waals surface area contributed by atoms with Gasteiger partial charge in [-0.05, 0) is 32.6 Å². The molecule has 0 radical (unpaired) electrons. The molecule has 1 aliphatic heterocycles. The van der Waals surface area contributed by atoms with E-state index in [0.29, 0.717) is 26.1 Å². The lowest BCUT2D eigenvalue weighted by atomic mass is 9.93. The van der Waals surface area contributed by atoms with Crippen LogP contribution < -0.4 is 0 Å². The number of ketones is 1. The van der Waals surface area contributed by atoms with E-state index in [-0.39, 0.29) is 17.8 Å². The normalized spacial score (nSPS) is 23.8. The Morgan fingerprint density at radius 2 is 2.17 bits per heavy atom. The number of hydrogen-bond donors (Lipinski definition) is 0. The van der Waals surface area contributed by atoms with Gasteiger partial charge in [0, 0.05) is 26.1 Å². The number of piperidine rings is 1. The lowest BCUT2D eigenvalue weighted by Crippen LogP contribution is -2.40. The highest BCUT2D eigenvalue weighted by Crippen LogP contribution is 2.22. The molecule has 2 unspecified atom stereocenters. The van der Waals surface area contributed by atoms with Crippen LogP contribution >= 0.6 is 0 Å². The van der Waals surface area contributed by atoms with Gasteiger partial charge in [0.05, 0.1) is 6.26 Å². The molecule has 106 valence electrons. The first-order valence-electron chi connectivity index (χ1n) is 6.44. The molecule has 0 aromatic rings. The monoisotopic (exact) mass is 277 g/mol. The molecule has 1 heterocycles. The van der Waals surface area contributed by atoms with E-state index in [2.05, 4.69) is 0 Å². The molecule has 0 aliphatic carbocycles. The van der Waals surface area contributed by atoms with Crippen molar-refractivity contribution in [1.29, 1.82) is 0 Å². The fourth-order valence-corrected chi connectivity index (χ4v) is 3.23. The number of ether oxygens (including phenoxy) is 1. The summed E-state index contributed by atoms with van der Waals surface area (Å²) in [4.78, 5) is 11.9. The summed E-state index contributed by atoms with van der Waals surface area (Å²) in [5.41, 5.74) is 0. The van der Waals surface area contributed by atoms with Gasteiger partial charge in [0.1, 0.15) is 6.10 Å². The van der Waals surface area contributed by atoms with Crippen LogP contribution in [0.15, 0.2) is 0 Å². The van der Waals surface area contributed by atoms with Gasteiger partial charge >= 0.3 is 0 Å². The highest BCUT2D eigenvalue weighted by atomic mass is 32.2. The second kappa shape index (κ2) is 6.63. The second-order valence-corrected chi connectivity index (χ2v) is 6.88. The first-order valence-corrected chi connectivity index (χ1v) is 8.28. The first kappa shape index (κ1) is 15.6. The van der Waals surface area contributed by atoms with Crippen molar-refractivity contribution >= 4 is 15.8 Å². The predicted octanol–water partition coefficient (Wildman–Crippen LogP) is 1.04. The SMILES string of the molecule is CCOC(C)C(=O)CC1CCCN(S(C)(=O)=O)C1. The molecule has 1 aliphatic rings. The Hall–Kier alpha value is -0.460. The quantitative estimate of drug-likeness (QED) is 0.728. The van der Waals surface area contributed by atoms with Crippen LogP contribution in [0.3, 0.4) is 0 Å². The zero-order valence-corrected chi connectivity index (χ0v) is 12.2. The van der Waals surface area contributed by atoms with Gasteiger partial charge < -0.3 is 4.74 Å². The van der Waals surface area contributed by atoms with Crippen molar-refractivity contribution in [2.45, 2.75) is 39.2 Å². The zero-order valence-electron chi connectivity index (χ0n) is 11.4. The summed E-state index contributed by atoms with van der Waals surface area (Å²) in [7, 11) is -3.13. The van der Waals surface area contributed by atoms with Gasteiger partial charge in [-0.1, -0.05) is 0 Å². The fourth-order valence-electron chi connectivity index (χ4n) is 2.29. The zero-order chi connectivity index (χ0) is 13.8. The van der Waals surface area contributed by atoms with E-state index in [9.17, 15) is 13.2 Å². The third-order valence-electron chi connectivity index (χ3n) is 3.31. The molecule has 6 heteroatoms. The molecule has 1 fully saturated rings. The molecule has 0 N–H and O–H groups in total. The minimum absolute atomic E-state index is 0.0669. The molecule has 0 aromatic carbocycles. The summed E-state index contributed by atoms with van der Waals surface area (Å²) in [6, 6.07) is 0. The maximum Gasteiger partial charge on any atom is 0.211 e. The van der Waals surface area contributed by atoms with E-state index < -0.39 is 10.0 Å². The summed E-state index contributed by atoms with van der Waals surface area (Å²) in [5.74, 6) is 0.195. The smallest absolute Gasteiger partial charge is 0.211 e. The van der Waals surface area contributed by atoms with E-state index >= 15 is 0 Å². The Kier molecular flexibility index (Phi) is 5.75. The van der Waals surface area contributed by atoms with Crippen LogP contribution in [0.2, 0.25) is 0 Å². The lowest BCUT2D eigenvalue weighted by molar-refractivity contribution is -0.130. The van der Waals surface area contributed by atoms with E-state index in [4.69, 9.17) is 4.74 Å². The molecule has 0 aromatic heterocycles. The molecule has 2 atom stereocenters. The van der Waals surface area contributed by atoms with Crippen molar-refractivity contribution in [2.75, 3.05) is 26.0 Å². The van der Waals surface area contributed by atoms with Gasteiger partial charge in [0.25, 0.3) is 0 Å². The van der Waals surface area contributed by atoms with Gasteiger partial charge in [-0.15, -0.1) is 0 Å². The molecule has 1 rings (SSSR count). The lowest BCUT2D eigenvalue weighted by Gasteiger charge is -2.31. The van der Waals surface area contributed by atoms with Crippen molar-refractivity contribution in [3.8, 4) is 0 Å². The minimum Gasteiger partial charge on any atom is -0.371 e. The Bertz CT molecular complexity index is 380. The van der Waals surface area contributed by atoms with Crippen LogP contribution in [0, 0.1) is 5.92 Å². The van der Waals surface area contributed by atoms with Crippen molar-refractivity contribution in [2.24, 2.45) is 5.92 Å². The van der Waals surface area contributed by atoms with Gasteiger partial charge in [-0.3, -0.25) is 4.79 Å². The Labute approximate surface area is 110 Å². The van der Waals surface area contributed by atoms with Crippen LogP contribution in [-0.4, -0.2) is 50.6 Å². The summed E-state index contributed by atoms with van der Waals surface area (Å²) in [6.45, 7) is 5.17. The van der Waals surface area contributed by atoms with Crippen molar-refractivity contribution in [3.05, 3.63) is 0 Å². The average Bonchev–Trinajstić information content (AvgIpc) is 2.28. The summed E-state index contributed by atoms with van der Waals surface area (Å²) in [5, 5.41) is 0. The molecule has 1 saturated heterocycles. The maximum absolute atomic E-state index is 11.9. The second-order valence-electron chi connectivity index (χ2n) is 4.90. The molecule has 0 saturated carbocycles. The van der Waals surface area contributed by atoms with Crippen LogP contribution in [-0.2, 0) is 19.6 Å². The highest BCUT2D eigenvalue weighted by Gasteiger charge is 2.28. The van der Waals surface area contributed by atoms with E-state index in [0.717, 1.165) is 12.8 Å². The molecule has 5 nitrogen and oxygen atoms in total. The average molecular weight is 277 g/mol. The minimum atomic E-state index is -3.13. The standard InChI is InChI=1S/C12H23NO4S/c1-4-17-10(2)12(14)8-11-6-5-7-13(9-11)18(3,15)16/h10-11H,4-9H2,1-3H3. The Morgan fingerprint density at radius 1 is 1.50 bits per heavy atom. The molecule has 0 bridgehead atoms. The number of carbonyl (C=O) groups is 1. The highest BCUT2D eigenvalue weighted by molar-refractivity contribution is 7.88. The van der Waals surface area contributed by atoms with Crippen LogP contribution in [0.25, 0.3) is 0 Å².